The molecule has 1 aromatic heterocycles. The molecule has 1 atom stereocenters. The Morgan fingerprint density at radius 2 is 2.18 bits per heavy atom. The lowest BCUT2D eigenvalue weighted by Gasteiger charge is -2.31. The number of rotatable bonds is 3. The fourth-order valence-corrected chi connectivity index (χ4v) is 4.61. The lowest BCUT2D eigenvalue weighted by Crippen LogP contribution is -2.40. The van der Waals surface area contributed by atoms with Gasteiger partial charge in [0.1, 0.15) is 23.4 Å². The molecule has 1 aliphatic rings. The van der Waals surface area contributed by atoms with E-state index in [9.17, 15) is 12.8 Å². The predicted molar refractivity (Wildman–Crippen MR) is 78.5 cm³/mol. The Bertz CT molecular complexity index is 766. The maximum absolute atomic E-state index is 13.1. The highest BCUT2D eigenvalue weighted by Gasteiger charge is 2.32. The molecule has 0 spiro atoms. The topological polar surface area (TPSA) is 68.1 Å². The van der Waals surface area contributed by atoms with E-state index in [1.54, 1.807) is 11.0 Å². The Morgan fingerprint density at radius 3 is 2.86 bits per heavy atom. The van der Waals surface area contributed by atoms with E-state index in [2.05, 4.69) is 10.1 Å². The van der Waals surface area contributed by atoms with Gasteiger partial charge >= 0.3 is 0 Å². The molecule has 0 unspecified atom stereocenters. The Morgan fingerprint density at radius 1 is 1.36 bits per heavy atom. The van der Waals surface area contributed by atoms with Gasteiger partial charge in [0.05, 0.1) is 11.1 Å². The van der Waals surface area contributed by atoms with Gasteiger partial charge in [0, 0.05) is 13.1 Å². The number of hydrogen-bond acceptors (Lipinski definition) is 4. The van der Waals surface area contributed by atoms with Crippen LogP contribution in [0.15, 0.2) is 35.7 Å². The van der Waals surface area contributed by atoms with Crippen LogP contribution >= 0.6 is 11.6 Å². The Labute approximate surface area is 132 Å². The van der Waals surface area contributed by atoms with Crippen LogP contribution in [0.25, 0.3) is 0 Å². The van der Waals surface area contributed by atoms with Gasteiger partial charge < -0.3 is 0 Å². The normalized spacial score (nSPS) is 20.2. The summed E-state index contributed by atoms with van der Waals surface area (Å²) in [5, 5.41) is 3.96. The molecule has 2 aromatic rings. The lowest BCUT2D eigenvalue weighted by atomic mass is 10.1. The molecular weight excluding hydrogens is 331 g/mol. The minimum absolute atomic E-state index is 0.0646. The summed E-state index contributed by atoms with van der Waals surface area (Å²) in [7, 11) is -3.76. The van der Waals surface area contributed by atoms with Crippen molar-refractivity contribution in [1.82, 2.24) is 19.1 Å². The number of nitrogens with zero attached hydrogens (tertiary/aromatic N) is 4. The average Bonchev–Trinajstić information content (AvgIpc) is 3.01. The fourth-order valence-electron chi connectivity index (χ4n) is 2.58. The molecule has 0 saturated carbocycles. The number of benzene rings is 1. The molecule has 0 radical (unpaired) electrons. The molecule has 118 valence electrons. The number of halogens is 2. The molecule has 2 heterocycles. The summed E-state index contributed by atoms with van der Waals surface area (Å²) in [6.45, 7) is 0.695. The summed E-state index contributed by atoms with van der Waals surface area (Å²) in [5.74, 6) is -0.567. The van der Waals surface area contributed by atoms with E-state index in [1.807, 2.05) is 0 Å². The first-order valence-electron chi connectivity index (χ1n) is 6.78. The molecule has 0 amide bonds. The number of sulfonamides is 1. The SMILES string of the molecule is O=S(=O)(c1ccc(F)cc1Cl)N1CCC[C@@H](n2cncn2)C1. The molecule has 9 heteroatoms. The highest BCUT2D eigenvalue weighted by Crippen LogP contribution is 2.29. The first-order valence-corrected chi connectivity index (χ1v) is 8.59. The maximum atomic E-state index is 13.1. The minimum atomic E-state index is -3.76. The van der Waals surface area contributed by atoms with Gasteiger partial charge in [-0.15, -0.1) is 0 Å². The molecule has 3 rings (SSSR count). The summed E-state index contributed by atoms with van der Waals surface area (Å²) >= 11 is 5.90. The molecule has 0 N–H and O–H groups in total. The third-order valence-corrected chi connectivity index (χ3v) is 6.03. The van der Waals surface area contributed by atoms with Crippen LogP contribution in [0.5, 0.6) is 0 Å². The van der Waals surface area contributed by atoms with Crippen LogP contribution in [0.4, 0.5) is 4.39 Å². The van der Waals surface area contributed by atoms with E-state index in [0.717, 1.165) is 18.6 Å². The molecule has 0 aliphatic carbocycles. The Kier molecular flexibility index (Phi) is 4.16. The van der Waals surface area contributed by atoms with Gasteiger partial charge in [-0.3, -0.25) is 0 Å². The van der Waals surface area contributed by atoms with E-state index >= 15 is 0 Å². The van der Waals surface area contributed by atoms with Gasteiger partial charge in [-0.1, -0.05) is 11.6 Å². The second-order valence-corrected chi connectivity index (χ2v) is 7.42. The van der Waals surface area contributed by atoms with Gasteiger partial charge in [-0.25, -0.2) is 22.5 Å². The van der Waals surface area contributed by atoms with E-state index in [-0.39, 0.29) is 16.0 Å². The van der Waals surface area contributed by atoms with Gasteiger partial charge in [0.2, 0.25) is 10.0 Å². The van der Waals surface area contributed by atoms with Gasteiger partial charge in [0.15, 0.2) is 0 Å². The number of piperidine rings is 1. The van der Waals surface area contributed by atoms with Crippen molar-refractivity contribution in [3.8, 4) is 0 Å². The molecule has 1 aliphatic heterocycles. The van der Waals surface area contributed by atoms with Crippen LogP contribution in [-0.4, -0.2) is 40.6 Å². The van der Waals surface area contributed by atoms with Crippen LogP contribution in [0.3, 0.4) is 0 Å². The van der Waals surface area contributed by atoms with Crippen molar-refractivity contribution in [3.05, 3.63) is 41.7 Å². The molecular formula is C13H14ClFN4O2S. The van der Waals surface area contributed by atoms with Gasteiger partial charge in [-0.05, 0) is 31.0 Å². The Balaban J connectivity index is 1.88. The summed E-state index contributed by atoms with van der Waals surface area (Å²) in [5.41, 5.74) is 0. The van der Waals surface area contributed by atoms with E-state index in [0.29, 0.717) is 19.5 Å². The zero-order valence-corrected chi connectivity index (χ0v) is 13.1. The predicted octanol–water partition coefficient (Wildman–Crippen LogP) is 2.10. The quantitative estimate of drug-likeness (QED) is 0.855. The Hall–Kier alpha value is -1.51. The smallest absolute Gasteiger partial charge is 0.244 e. The molecule has 0 bridgehead atoms. The van der Waals surface area contributed by atoms with Crippen LogP contribution in [0, 0.1) is 5.82 Å². The van der Waals surface area contributed by atoms with Gasteiger partial charge in [0.25, 0.3) is 0 Å². The molecule has 6 nitrogen and oxygen atoms in total. The molecule has 22 heavy (non-hydrogen) atoms. The van der Waals surface area contributed by atoms with Crippen molar-refractivity contribution in [1.29, 1.82) is 0 Å². The standard InChI is InChI=1S/C13H14ClFN4O2S/c14-12-6-10(15)3-4-13(12)22(20,21)18-5-1-2-11(7-18)19-9-16-8-17-19/h3-4,6,8-9,11H,1-2,5,7H2/t11-/m1/s1. The maximum Gasteiger partial charge on any atom is 0.244 e. The molecule has 1 fully saturated rings. The van der Waals surface area contributed by atoms with Gasteiger partial charge in [-0.2, -0.15) is 9.40 Å². The van der Waals surface area contributed by atoms with Crippen molar-refractivity contribution in [2.24, 2.45) is 0 Å². The molecule has 1 aromatic carbocycles. The lowest BCUT2D eigenvalue weighted by molar-refractivity contribution is 0.253. The van der Waals surface area contributed by atoms with Crippen LogP contribution in [0.2, 0.25) is 5.02 Å². The highest BCUT2D eigenvalue weighted by atomic mass is 35.5. The third-order valence-electron chi connectivity index (χ3n) is 3.68. The van der Waals surface area contributed by atoms with Crippen LogP contribution in [-0.2, 0) is 10.0 Å². The third kappa shape index (κ3) is 2.86. The zero-order chi connectivity index (χ0) is 15.7. The zero-order valence-electron chi connectivity index (χ0n) is 11.6. The van der Waals surface area contributed by atoms with E-state index < -0.39 is 15.8 Å². The highest BCUT2D eigenvalue weighted by molar-refractivity contribution is 7.89. The second kappa shape index (κ2) is 5.94. The van der Waals surface area contributed by atoms with Crippen molar-refractivity contribution < 1.29 is 12.8 Å². The average molecular weight is 345 g/mol. The van der Waals surface area contributed by atoms with Crippen molar-refractivity contribution in [2.45, 2.75) is 23.8 Å². The summed E-state index contributed by atoms with van der Waals surface area (Å²) in [6.07, 6.45) is 4.53. The second-order valence-electron chi connectivity index (χ2n) is 5.11. The van der Waals surface area contributed by atoms with Crippen molar-refractivity contribution in [3.63, 3.8) is 0 Å². The van der Waals surface area contributed by atoms with Crippen molar-refractivity contribution >= 4 is 21.6 Å². The largest absolute Gasteiger partial charge is 0.249 e. The summed E-state index contributed by atoms with van der Waals surface area (Å²) in [6, 6.07) is 3.24. The van der Waals surface area contributed by atoms with Crippen LogP contribution in [0.1, 0.15) is 18.9 Å². The molecule has 1 saturated heterocycles. The number of hydrogen-bond donors (Lipinski definition) is 0. The summed E-state index contributed by atoms with van der Waals surface area (Å²) in [4.78, 5) is 3.81. The van der Waals surface area contributed by atoms with E-state index in [4.69, 9.17) is 11.6 Å². The summed E-state index contributed by atoms with van der Waals surface area (Å²) < 4.78 is 41.6. The first-order chi connectivity index (χ1) is 10.5. The monoisotopic (exact) mass is 344 g/mol. The van der Waals surface area contributed by atoms with Crippen molar-refractivity contribution in [2.75, 3.05) is 13.1 Å². The first kappa shape index (κ1) is 15.4. The van der Waals surface area contributed by atoms with E-state index in [1.165, 1.54) is 16.7 Å². The van der Waals surface area contributed by atoms with Crippen LogP contribution < -0.4 is 0 Å². The fraction of sp³-hybridized carbons (Fsp3) is 0.385. The minimum Gasteiger partial charge on any atom is -0.249 e. The number of aromatic nitrogens is 3.